The lowest BCUT2D eigenvalue weighted by Gasteiger charge is -2.32. The zero-order valence-corrected chi connectivity index (χ0v) is 10.8. The lowest BCUT2D eigenvalue weighted by atomic mass is 9.92. The first kappa shape index (κ1) is 12.1. The Morgan fingerprint density at radius 1 is 1.56 bits per heavy atom. The van der Waals surface area contributed by atoms with Gasteiger partial charge < -0.3 is 10.1 Å². The molecule has 2 unspecified atom stereocenters. The van der Waals surface area contributed by atoms with Crippen LogP contribution in [0, 0.1) is 5.92 Å². The molecular formula is C13H21NOS. The highest BCUT2D eigenvalue weighted by Crippen LogP contribution is 2.22. The number of ether oxygens (including phenoxy) is 1. The Morgan fingerprint density at radius 2 is 2.50 bits per heavy atom. The van der Waals surface area contributed by atoms with Gasteiger partial charge in [-0.15, -0.1) is 11.3 Å². The van der Waals surface area contributed by atoms with Gasteiger partial charge in [-0.3, -0.25) is 0 Å². The van der Waals surface area contributed by atoms with Gasteiger partial charge in [-0.05, 0) is 37.3 Å². The first-order valence-electron chi connectivity index (χ1n) is 6.23. The van der Waals surface area contributed by atoms with Gasteiger partial charge in [-0.1, -0.05) is 13.0 Å². The van der Waals surface area contributed by atoms with Gasteiger partial charge in [0.2, 0.25) is 0 Å². The van der Waals surface area contributed by atoms with Crippen molar-refractivity contribution in [2.24, 2.45) is 5.92 Å². The molecule has 2 atom stereocenters. The second kappa shape index (κ2) is 6.38. The van der Waals surface area contributed by atoms with Crippen molar-refractivity contribution < 1.29 is 4.74 Å². The summed E-state index contributed by atoms with van der Waals surface area (Å²) in [6.45, 7) is 5.19. The van der Waals surface area contributed by atoms with Crippen molar-refractivity contribution in [3.8, 4) is 0 Å². The molecule has 0 aliphatic carbocycles. The van der Waals surface area contributed by atoms with E-state index in [0.717, 1.165) is 26.2 Å². The van der Waals surface area contributed by atoms with Crippen LogP contribution in [-0.4, -0.2) is 25.8 Å². The first-order valence-corrected chi connectivity index (χ1v) is 7.11. The van der Waals surface area contributed by atoms with Gasteiger partial charge in [0.25, 0.3) is 0 Å². The SMILES string of the molecule is CCCNC1CCOCC1Cc1cccs1. The summed E-state index contributed by atoms with van der Waals surface area (Å²) in [6, 6.07) is 5.02. The van der Waals surface area contributed by atoms with Gasteiger partial charge in [-0.25, -0.2) is 0 Å². The lowest BCUT2D eigenvalue weighted by Crippen LogP contribution is -2.43. The molecule has 1 saturated heterocycles. The minimum Gasteiger partial charge on any atom is -0.381 e. The van der Waals surface area contributed by atoms with E-state index in [4.69, 9.17) is 4.74 Å². The number of nitrogens with one attached hydrogen (secondary N) is 1. The average molecular weight is 239 g/mol. The highest BCUT2D eigenvalue weighted by atomic mass is 32.1. The van der Waals surface area contributed by atoms with E-state index in [1.807, 2.05) is 11.3 Å². The van der Waals surface area contributed by atoms with Gasteiger partial charge in [0.05, 0.1) is 6.61 Å². The van der Waals surface area contributed by atoms with E-state index in [-0.39, 0.29) is 0 Å². The van der Waals surface area contributed by atoms with E-state index >= 15 is 0 Å². The molecule has 1 aliphatic rings. The standard InChI is InChI=1S/C13H21NOS/c1-2-6-14-13-5-7-15-10-11(13)9-12-4-3-8-16-12/h3-4,8,11,13-14H,2,5-7,9-10H2,1H3. The summed E-state index contributed by atoms with van der Waals surface area (Å²) in [6.07, 6.45) is 3.54. The zero-order chi connectivity index (χ0) is 11.2. The maximum absolute atomic E-state index is 5.61. The third-order valence-electron chi connectivity index (χ3n) is 3.17. The fraction of sp³-hybridized carbons (Fsp3) is 0.692. The molecule has 0 amide bonds. The number of hydrogen-bond donors (Lipinski definition) is 1. The lowest BCUT2D eigenvalue weighted by molar-refractivity contribution is 0.0326. The summed E-state index contributed by atoms with van der Waals surface area (Å²) in [7, 11) is 0. The molecule has 2 nitrogen and oxygen atoms in total. The van der Waals surface area contributed by atoms with E-state index in [2.05, 4.69) is 29.8 Å². The Bertz CT molecular complexity index is 286. The Labute approximate surface area is 102 Å². The molecular weight excluding hydrogens is 218 g/mol. The van der Waals surface area contributed by atoms with Crippen LogP contribution in [0.2, 0.25) is 0 Å². The highest BCUT2D eigenvalue weighted by molar-refractivity contribution is 7.09. The van der Waals surface area contributed by atoms with Gasteiger partial charge in [0.1, 0.15) is 0 Å². The summed E-state index contributed by atoms with van der Waals surface area (Å²) in [5.41, 5.74) is 0. The molecule has 1 aromatic heterocycles. The molecule has 0 aromatic carbocycles. The molecule has 1 fully saturated rings. The van der Waals surface area contributed by atoms with Gasteiger partial charge in [-0.2, -0.15) is 0 Å². The van der Waals surface area contributed by atoms with Crippen molar-refractivity contribution in [1.82, 2.24) is 5.32 Å². The number of rotatable bonds is 5. The van der Waals surface area contributed by atoms with Crippen molar-refractivity contribution in [3.05, 3.63) is 22.4 Å². The van der Waals surface area contributed by atoms with Crippen LogP contribution in [0.5, 0.6) is 0 Å². The second-order valence-corrected chi connectivity index (χ2v) is 5.50. The quantitative estimate of drug-likeness (QED) is 0.853. The predicted octanol–water partition coefficient (Wildman–Crippen LogP) is 2.70. The minimum atomic E-state index is 0.649. The molecule has 0 bridgehead atoms. The van der Waals surface area contributed by atoms with Gasteiger partial charge in [0, 0.05) is 23.4 Å². The normalized spacial score (nSPS) is 25.8. The fourth-order valence-corrected chi connectivity index (χ4v) is 3.08. The topological polar surface area (TPSA) is 21.3 Å². The van der Waals surface area contributed by atoms with Crippen LogP contribution in [0.25, 0.3) is 0 Å². The van der Waals surface area contributed by atoms with Crippen molar-refractivity contribution in [1.29, 1.82) is 0 Å². The molecule has 90 valence electrons. The molecule has 2 heterocycles. The minimum absolute atomic E-state index is 0.649. The van der Waals surface area contributed by atoms with Crippen LogP contribution >= 0.6 is 11.3 Å². The van der Waals surface area contributed by atoms with Crippen LogP contribution in [0.1, 0.15) is 24.6 Å². The zero-order valence-electron chi connectivity index (χ0n) is 9.95. The Balaban J connectivity index is 1.88. The highest BCUT2D eigenvalue weighted by Gasteiger charge is 2.25. The molecule has 1 aromatic rings. The molecule has 1 aliphatic heterocycles. The first-order chi connectivity index (χ1) is 7.90. The van der Waals surface area contributed by atoms with E-state index < -0.39 is 0 Å². The van der Waals surface area contributed by atoms with Crippen LogP contribution in [0.4, 0.5) is 0 Å². The molecule has 16 heavy (non-hydrogen) atoms. The summed E-state index contributed by atoms with van der Waals surface area (Å²) < 4.78 is 5.61. The molecule has 0 spiro atoms. The van der Waals surface area contributed by atoms with Gasteiger partial charge >= 0.3 is 0 Å². The van der Waals surface area contributed by atoms with Crippen LogP contribution in [0.15, 0.2) is 17.5 Å². The summed E-state index contributed by atoms with van der Waals surface area (Å²) in [5.74, 6) is 0.652. The van der Waals surface area contributed by atoms with Crippen molar-refractivity contribution in [3.63, 3.8) is 0 Å². The molecule has 2 rings (SSSR count). The number of thiophene rings is 1. The smallest absolute Gasteiger partial charge is 0.0512 e. The third-order valence-corrected chi connectivity index (χ3v) is 4.07. The van der Waals surface area contributed by atoms with E-state index in [1.165, 1.54) is 17.7 Å². The van der Waals surface area contributed by atoms with E-state index in [0.29, 0.717) is 12.0 Å². The summed E-state index contributed by atoms with van der Waals surface area (Å²) in [4.78, 5) is 1.48. The molecule has 0 saturated carbocycles. The predicted molar refractivity (Wildman–Crippen MR) is 69.0 cm³/mol. The number of hydrogen-bond acceptors (Lipinski definition) is 3. The van der Waals surface area contributed by atoms with Gasteiger partial charge in [0.15, 0.2) is 0 Å². The summed E-state index contributed by atoms with van der Waals surface area (Å²) in [5, 5.41) is 5.82. The van der Waals surface area contributed by atoms with Crippen molar-refractivity contribution in [2.75, 3.05) is 19.8 Å². The molecule has 0 radical (unpaired) electrons. The monoisotopic (exact) mass is 239 g/mol. The second-order valence-electron chi connectivity index (χ2n) is 4.47. The van der Waals surface area contributed by atoms with Crippen molar-refractivity contribution in [2.45, 2.75) is 32.2 Å². The Kier molecular flexibility index (Phi) is 4.82. The van der Waals surface area contributed by atoms with Crippen LogP contribution in [-0.2, 0) is 11.2 Å². The third kappa shape index (κ3) is 3.30. The fourth-order valence-electron chi connectivity index (χ4n) is 2.28. The van der Waals surface area contributed by atoms with E-state index in [9.17, 15) is 0 Å². The van der Waals surface area contributed by atoms with Crippen LogP contribution in [0.3, 0.4) is 0 Å². The maximum Gasteiger partial charge on any atom is 0.0512 e. The van der Waals surface area contributed by atoms with Crippen LogP contribution < -0.4 is 5.32 Å². The molecule has 1 N–H and O–H groups in total. The Hall–Kier alpha value is -0.380. The largest absolute Gasteiger partial charge is 0.381 e. The average Bonchev–Trinajstić information content (AvgIpc) is 2.81. The maximum atomic E-state index is 5.61. The molecule has 3 heteroatoms. The van der Waals surface area contributed by atoms with E-state index in [1.54, 1.807) is 0 Å². The summed E-state index contributed by atoms with van der Waals surface area (Å²) >= 11 is 1.86. The Morgan fingerprint density at radius 3 is 3.25 bits per heavy atom. The van der Waals surface area contributed by atoms with Crippen molar-refractivity contribution >= 4 is 11.3 Å².